The maximum atomic E-state index is 13.1. The molecule has 7 nitrogen and oxygen atoms in total. The van der Waals surface area contributed by atoms with Gasteiger partial charge in [0, 0.05) is 30.3 Å². The SMILES string of the molecule is CNC[C@@H]1Oc2ccc(NC(=O)Cc3ccccc3)cc2CC(=O)N([C@H](C)CO)C[C@@H]1C. The minimum Gasteiger partial charge on any atom is -0.488 e. The van der Waals surface area contributed by atoms with Gasteiger partial charge >= 0.3 is 0 Å². The third-order valence-corrected chi connectivity index (χ3v) is 5.81. The first-order valence-electron chi connectivity index (χ1n) is 11.1. The molecule has 0 saturated carbocycles. The van der Waals surface area contributed by atoms with E-state index in [4.69, 9.17) is 4.74 Å². The first kappa shape index (κ1) is 23.8. The van der Waals surface area contributed by atoms with Crippen molar-refractivity contribution in [2.24, 2.45) is 5.92 Å². The average Bonchev–Trinajstić information content (AvgIpc) is 2.82. The van der Waals surface area contributed by atoms with Gasteiger partial charge in [-0.3, -0.25) is 9.59 Å². The fraction of sp³-hybridized carbons (Fsp3) is 0.440. The van der Waals surface area contributed by atoms with Crippen LogP contribution in [0.2, 0.25) is 0 Å². The van der Waals surface area contributed by atoms with Crippen molar-refractivity contribution in [2.45, 2.75) is 38.8 Å². The smallest absolute Gasteiger partial charge is 0.228 e. The minimum absolute atomic E-state index is 0.0663. The van der Waals surface area contributed by atoms with E-state index in [1.54, 1.807) is 11.0 Å². The Balaban J connectivity index is 1.85. The molecule has 1 heterocycles. The van der Waals surface area contributed by atoms with Gasteiger partial charge in [-0.1, -0.05) is 37.3 Å². The first-order chi connectivity index (χ1) is 15.4. The molecular weight excluding hydrogens is 406 g/mol. The number of carbonyl (C=O) groups excluding carboxylic acids is 2. The first-order valence-corrected chi connectivity index (χ1v) is 11.1. The Morgan fingerprint density at radius 1 is 1.25 bits per heavy atom. The Morgan fingerprint density at radius 2 is 2.00 bits per heavy atom. The quantitative estimate of drug-likeness (QED) is 0.616. The summed E-state index contributed by atoms with van der Waals surface area (Å²) in [7, 11) is 1.87. The van der Waals surface area contributed by atoms with Crippen LogP contribution in [0.1, 0.15) is 25.0 Å². The van der Waals surface area contributed by atoms with Gasteiger partial charge in [-0.05, 0) is 37.7 Å². The van der Waals surface area contributed by atoms with Crippen molar-refractivity contribution in [3.63, 3.8) is 0 Å². The predicted octanol–water partition coefficient (Wildman–Crippen LogP) is 2.24. The lowest BCUT2D eigenvalue weighted by molar-refractivity contribution is -0.134. The normalized spacial score (nSPS) is 19.8. The van der Waals surface area contributed by atoms with E-state index in [-0.39, 0.29) is 49.3 Å². The zero-order chi connectivity index (χ0) is 23.1. The summed E-state index contributed by atoms with van der Waals surface area (Å²) in [5, 5.41) is 15.8. The second kappa shape index (κ2) is 11.1. The number of aliphatic hydroxyl groups is 1. The number of amides is 2. The van der Waals surface area contributed by atoms with Crippen molar-refractivity contribution in [1.29, 1.82) is 0 Å². The largest absolute Gasteiger partial charge is 0.488 e. The van der Waals surface area contributed by atoms with E-state index in [1.165, 1.54) is 0 Å². The molecule has 0 aromatic heterocycles. The number of nitrogens with zero attached hydrogens (tertiary/aromatic N) is 1. The molecule has 0 spiro atoms. The van der Waals surface area contributed by atoms with E-state index >= 15 is 0 Å². The summed E-state index contributed by atoms with van der Waals surface area (Å²) in [6.45, 7) is 4.93. The van der Waals surface area contributed by atoms with Crippen LogP contribution in [-0.4, -0.2) is 60.7 Å². The van der Waals surface area contributed by atoms with Crippen LogP contribution in [0.15, 0.2) is 48.5 Å². The van der Waals surface area contributed by atoms with Crippen molar-refractivity contribution in [3.05, 3.63) is 59.7 Å². The topological polar surface area (TPSA) is 90.9 Å². The fourth-order valence-corrected chi connectivity index (χ4v) is 3.94. The molecule has 32 heavy (non-hydrogen) atoms. The van der Waals surface area contributed by atoms with Gasteiger partial charge in [0.15, 0.2) is 0 Å². The number of rotatable bonds is 7. The molecule has 2 amide bonds. The second-order valence-corrected chi connectivity index (χ2v) is 8.48. The van der Waals surface area contributed by atoms with Crippen LogP contribution in [0.4, 0.5) is 5.69 Å². The van der Waals surface area contributed by atoms with Crippen LogP contribution in [0.3, 0.4) is 0 Å². The lowest BCUT2D eigenvalue weighted by Gasteiger charge is -2.32. The number of likely N-dealkylation sites (N-methyl/N-ethyl adjacent to an activating group) is 1. The third kappa shape index (κ3) is 6.08. The molecule has 2 aromatic carbocycles. The maximum Gasteiger partial charge on any atom is 0.228 e. The summed E-state index contributed by atoms with van der Waals surface area (Å²) in [6.07, 6.45) is 0.273. The van der Waals surface area contributed by atoms with Crippen molar-refractivity contribution in [2.75, 3.05) is 32.1 Å². The van der Waals surface area contributed by atoms with E-state index in [9.17, 15) is 14.7 Å². The summed E-state index contributed by atoms with van der Waals surface area (Å²) < 4.78 is 6.32. The van der Waals surface area contributed by atoms with Gasteiger partial charge in [0.2, 0.25) is 11.8 Å². The molecule has 7 heteroatoms. The standard InChI is InChI=1S/C25H33N3O4/c1-17-15-28(18(2)16-29)25(31)13-20-12-21(9-10-22(20)32-23(17)14-26-3)27-24(30)11-19-7-5-4-6-8-19/h4-10,12,17-18,23,26,29H,11,13-16H2,1-3H3,(H,27,30)/t17-,18+,23-/m0/s1. The summed E-state index contributed by atoms with van der Waals surface area (Å²) >= 11 is 0. The maximum absolute atomic E-state index is 13.1. The van der Waals surface area contributed by atoms with Gasteiger partial charge in [0.25, 0.3) is 0 Å². The Bertz CT molecular complexity index is 919. The number of aliphatic hydroxyl groups excluding tert-OH is 1. The van der Waals surface area contributed by atoms with E-state index in [2.05, 4.69) is 17.6 Å². The van der Waals surface area contributed by atoms with Gasteiger partial charge < -0.3 is 25.4 Å². The highest BCUT2D eigenvalue weighted by molar-refractivity contribution is 5.92. The lowest BCUT2D eigenvalue weighted by atomic mass is 10.0. The van der Waals surface area contributed by atoms with Gasteiger partial charge in [-0.15, -0.1) is 0 Å². The molecule has 2 aromatic rings. The predicted molar refractivity (Wildman–Crippen MR) is 125 cm³/mol. The van der Waals surface area contributed by atoms with E-state index in [0.717, 1.165) is 11.1 Å². The molecule has 0 unspecified atom stereocenters. The molecule has 0 fully saturated rings. The number of hydrogen-bond acceptors (Lipinski definition) is 5. The van der Waals surface area contributed by atoms with Crippen molar-refractivity contribution < 1.29 is 19.4 Å². The molecule has 0 radical (unpaired) electrons. The number of ether oxygens (including phenoxy) is 1. The highest BCUT2D eigenvalue weighted by atomic mass is 16.5. The second-order valence-electron chi connectivity index (χ2n) is 8.48. The van der Waals surface area contributed by atoms with Gasteiger partial charge in [-0.2, -0.15) is 0 Å². The summed E-state index contributed by atoms with van der Waals surface area (Å²) in [6, 6.07) is 14.7. The highest BCUT2D eigenvalue weighted by Crippen LogP contribution is 2.29. The Hall–Kier alpha value is -2.90. The average molecular weight is 440 g/mol. The molecule has 172 valence electrons. The van der Waals surface area contributed by atoms with Crippen molar-refractivity contribution in [1.82, 2.24) is 10.2 Å². The highest BCUT2D eigenvalue weighted by Gasteiger charge is 2.30. The number of benzene rings is 2. The van der Waals surface area contributed by atoms with Crippen LogP contribution >= 0.6 is 0 Å². The van der Waals surface area contributed by atoms with E-state index in [0.29, 0.717) is 24.5 Å². The molecule has 3 N–H and O–H groups in total. The van der Waals surface area contributed by atoms with Crippen LogP contribution in [-0.2, 0) is 22.4 Å². The van der Waals surface area contributed by atoms with Gasteiger partial charge in [0.1, 0.15) is 11.9 Å². The Kier molecular flexibility index (Phi) is 8.25. The summed E-state index contributed by atoms with van der Waals surface area (Å²) in [5.41, 5.74) is 2.28. The number of nitrogens with one attached hydrogen (secondary N) is 2. The molecule has 3 rings (SSSR count). The monoisotopic (exact) mass is 439 g/mol. The third-order valence-electron chi connectivity index (χ3n) is 5.81. The minimum atomic E-state index is -0.282. The van der Waals surface area contributed by atoms with E-state index < -0.39 is 0 Å². The molecule has 1 aliphatic heterocycles. The zero-order valence-electron chi connectivity index (χ0n) is 19.0. The van der Waals surface area contributed by atoms with Gasteiger partial charge in [0.05, 0.1) is 25.5 Å². The molecule has 0 bridgehead atoms. The molecule has 0 saturated heterocycles. The van der Waals surface area contributed by atoms with E-state index in [1.807, 2.05) is 56.4 Å². The number of carbonyl (C=O) groups is 2. The van der Waals surface area contributed by atoms with Crippen LogP contribution in [0.5, 0.6) is 5.75 Å². The molecule has 1 aliphatic rings. The number of anilines is 1. The Morgan fingerprint density at radius 3 is 2.69 bits per heavy atom. The Labute approximate surface area is 189 Å². The number of hydrogen-bond donors (Lipinski definition) is 3. The lowest BCUT2D eigenvalue weighted by Crippen LogP contribution is -2.47. The van der Waals surface area contributed by atoms with Crippen molar-refractivity contribution >= 4 is 17.5 Å². The van der Waals surface area contributed by atoms with Crippen molar-refractivity contribution in [3.8, 4) is 5.75 Å². The zero-order valence-corrected chi connectivity index (χ0v) is 19.0. The summed E-state index contributed by atoms with van der Waals surface area (Å²) in [4.78, 5) is 27.4. The van der Waals surface area contributed by atoms with Crippen LogP contribution in [0, 0.1) is 5.92 Å². The fourth-order valence-electron chi connectivity index (χ4n) is 3.94. The summed E-state index contributed by atoms with van der Waals surface area (Å²) in [5.74, 6) is 0.520. The van der Waals surface area contributed by atoms with Gasteiger partial charge in [-0.25, -0.2) is 0 Å². The molecule has 0 aliphatic carbocycles. The molecular formula is C25H33N3O4. The molecule has 3 atom stereocenters. The van der Waals surface area contributed by atoms with Crippen LogP contribution < -0.4 is 15.4 Å². The number of fused-ring (bicyclic) bond motifs is 1. The van der Waals surface area contributed by atoms with Crippen LogP contribution in [0.25, 0.3) is 0 Å².